The van der Waals surface area contributed by atoms with Gasteiger partial charge in [0.15, 0.2) is 9.84 Å². The van der Waals surface area contributed by atoms with Gasteiger partial charge in [0.2, 0.25) is 0 Å². The van der Waals surface area contributed by atoms with Crippen LogP contribution in [0.5, 0.6) is 0 Å². The first kappa shape index (κ1) is 17.3. The molecule has 1 saturated carbocycles. The molecule has 2 rings (SSSR count). The highest BCUT2D eigenvalue weighted by Gasteiger charge is 2.35. The van der Waals surface area contributed by atoms with E-state index in [9.17, 15) is 26.7 Å². The van der Waals surface area contributed by atoms with Crippen LogP contribution in [-0.4, -0.2) is 24.9 Å². The lowest BCUT2D eigenvalue weighted by Crippen LogP contribution is -2.39. The van der Waals surface area contributed by atoms with E-state index >= 15 is 0 Å². The van der Waals surface area contributed by atoms with Gasteiger partial charge >= 0.3 is 6.18 Å². The largest absolute Gasteiger partial charge is 0.416 e. The number of hydrogen-bond acceptors (Lipinski definition) is 3. The topological polar surface area (TPSA) is 54.4 Å². The summed E-state index contributed by atoms with van der Waals surface area (Å²) in [6.45, 7) is 0. The van der Waals surface area contributed by atoms with E-state index in [-0.39, 0.29) is 11.5 Å². The Balaban J connectivity index is 2.05. The van der Waals surface area contributed by atoms with Crippen LogP contribution in [0.2, 0.25) is 0 Å². The predicted molar refractivity (Wildman–Crippen MR) is 77.0 cm³/mol. The van der Waals surface area contributed by atoms with Gasteiger partial charge in [-0.2, -0.15) is 13.2 Å². The zero-order valence-corrected chi connectivity index (χ0v) is 12.9. The lowest BCUT2D eigenvalue weighted by molar-refractivity contribution is -0.137. The zero-order valence-electron chi connectivity index (χ0n) is 12.1. The molecule has 0 heterocycles. The molecule has 1 fully saturated rings. The number of hydrogen-bond donors (Lipinski definition) is 1. The Labute approximate surface area is 128 Å². The summed E-state index contributed by atoms with van der Waals surface area (Å²) in [6, 6.07) is 4.09. The number of rotatable bonds is 4. The summed E-state index contributed by atoms with van der Waals surface area (Å²) in [5, 5.41) is 10.3. The SMILES string of the molecule is O=S(=O)(Cc1ccc(C(F)(F)F)cc1)CC1(O)CCCCC1. The Morgan fingerprint density at radius 3 is 2.09 bits per heavy atom. The zero-order chi connectivity index (χ0) is 16.4. The highest BCUT2D eigenvalue weighted by molar-refractivity contribution is 7.90. The van der Waals surface area contributed by atoms with Crippen LogP contribution in [0.1, 0.15) is 43.2 Å². The molecule has 1 N–H and O–H groups in total. The number of benzene rings is 1. The van der Waals surface area contributed by atoms with Crippen molar-refractivity contribution in [1.82, 2.24) is 0 Å². The quantitative estimate of drug-likeness (QED) is 0.918. The Bertz CT molecular complexity index is 600. The first-order valence-corrected chi connectivity index (χ1v) is 9.01. The lowest BCUT2D eigenvalue weighted by atomic mass is 9.86. The summed E-state index contributed by atoms with van der Waals surface area (Å²) >= 11 is 0. The third-order valence-corrected chi connectivity index (χ3v) is 5.69. The van der Waals surface area contributed by atoms with Crippen molar-refractivity contribution < 1.29 is 26.7 Å². The number of sulfone groups is 1. The van der Waals surface area contributed by atoms with Crippen molar-refractivity contribution in [2.75, 3.05) is 5.75 Å². The van der Waals surface area contributed by atoms with Crippen molar-refractivity contribution >= 4 is 9.84 Å². The van der Waals surface area contributed by atoms with Crippen molar-refractivity contribution in [3.63, 3.8) is 0 Å². The number of halogens is 3. The van der Waals surface area contributed by atoms with Gasteiger partial charge in [0, 0.05) is 0 Å². The van der Waals surface area contributed by atoms with Crippen LogP contribution in [0.3, 0.4) is 0 Å². The van der Waals surface area contributed by atoms with Gasteiger partial charge in [-0.05, 0) is 30.5 Å². The molecule has 0 atom stereocenters. The molecular formula is C15H19F3O3S. The van der Waals surface area contributed by atoms with Crippen LogP contribution < -0.4 is 0 Å². The Morgan fingerprint density at radius 1 is 1.05 bits per heavy atom. The van der Waals surface area contributed by atoms with Crippen molar-refractivity contribution in [2.45, 2.75) is 49.6 Å². The van der Waals surface area contributed by atoms with Crippen LogP contribution in [0.4, 0.5) is 13.2 Å². The molecule has 1 aromatic rings. The molecule has 0 aliphatic heterocycles. The van der Waals surface area contributed by atoms with E-state index in [0.29, 0.717) is 18.4 Å². The van der Waals surface area contributed by atoms with E-state index in [1.807, 2.05) is 0 Å². The Kier molecular flexibility index (Phi) is 4.87. The summed E-state index contributed by atoms with van der Waals surface area (Å²) in [7, 11) is -3.57. The monoisotopic (exact) mass is 336 g/mol. The Morgan fingerprint density at radius 2 is 1.59 bits per heavy atom. The van der Waals surface area contributed by atoms with E-state index in [1.165, 1.54) is 12.1 Å². The third kappa shape index (κ3) is 4.71. The molecule has 0 radical (unpaired) electrons. The molecule has 1 aliphatic rings. The van der Waals surface area contributed by atoms with Gasteiger partial charge in [-0.15, -0.1) is 0 Å². The lowest BCUT2D eigenvalue weighted by Gasteiger charge is -2.31. The summed E-state index contributed by atoms with van der Waals surface area (Å²) in [5.74, 6) is -0.686. The number of alkyl halides is 3. The molecule has 0 bridgehead atoms. The average molecular weight is 336 g/mol. The fourth-order valence-electron chi connectivity index (χ4n) is 2.86. The van der Waals surface area contributed by atoms with E-state index < -0.39 is 27.2 Å². The smallest absolute Gasteiger partial charge is 0.389 e. The minimum absolute atomic E-state index is 0.299. The van der Waals surface area contributed by atoms with Gasteiger partial charge in [0.05, 0.1) is 22.7 Å². The van der Waals surface area contributed by atoms with Crippen LogP contribution in [0.25, 0.3) is 0 Å². The fraction of sp³-hybridized carbons (Fsp3) is 0.600. The molecule has 0 amide bonds. The van der Waals surface area contributed by atoms with Crippen LogP contribution in [0.15, 0.2) is 24.3 Å². The van der Waals surface area contributed by atoms with Crippen LogP contribution in [-0.2, 0) is 21.8 Å². The molecule has 0 aromatic heterocycles. The molecule has 3 nitrogen and oxygen atoms in total. The van der Waals surface area contributed by atoms with E-state index in [4.69, 9.17) is 0 Å². The molecule has 22 heavy (non-hydrogen) atoms. The van der Waals surface area contributed by atoms with Crippen LogP contribution in [0, 0.1) is 0 Å². The second-order valence-electron chi connectivity index (χ2n) is 6.01. The number of aliphatic hydroxyl groups is 1. The standard InChI is InChI=1S/C15H19F3O3S/c16-15(17,18)13-6-4-12(5-7-13)10-22(20,21)11-14(19)8-2-1-3-9-14/h4-7,19H,1-3,8-11H2. The van der Waals surface area contributed by atoms with Gasteiger partial charge < -0.3 is 5.11 Å². The van der Waals surface area contributed by atoms with Gasteiger partial charge in [-0.3, -0.25) is 0 Å². The molecule has 0 spiro atoms. The van der Waals surface area contributed by atoms with E-state index in [2.05, 4.69) is 0 Å². The van der Waals surface area contributed by atoms with Crippen molar-refractivity contribution in [1.29, 1.82) is 0 Å². The van der Waals surface area contributed by atoms with Gasteiger partial charge in [0.25, 0.3) is 0 Å². The molecule has 124 valence electrons. The summed E-state index contributed by atoms with van der Waals surface area (Å²) in [6.07, 6.45) is -0.937. The van der Waals surface area contributed by atoms with E-state index in [1.54, 1.807) is 0 Å². The maximum absolute atomic E-state index is 12.5. The maximum Gasteiger partial charge on any atom is 0.416 e. The summed E-state index contributed by atoms with van der Waals surface area (Å²) in [5.41, 5.74) is -1.70. The first-order chi connectivity index (χ1) is 10.1. The fourth-order valence-corrected chi connectivity index (χ4v) is 4.77. The highest BCUT2D eigenvalue weighted by Crippen LogP contribution is 2.31. The minimum Gasteiger partial charge on any atom is -0.389 e. The minimum atomic E-state index is -4.44. The third-order valence-electron chi connectivity index (χ3n) is 3.94. The molecule has 1 aliphatic carbocycles. The summed E-state index contributed by atoms with van der Waals surface area (Å²) in [4.78, 5) is 0. The van der Waals surface area contributed by atoms with E-state index in [0.717, 1.165) is 31.4 Å². The molecule has 7 heteroatoms. The highest BCUT2D eigenvalue weighted by atomic mass is 32.2. The van der Waals surface area contributed by atoms with Crippen LogP contribution >= 0.6 is 0 Å². The molecule has 0 unspecified atom stereocenters. The first-order valence-electron chi connectivity index (χ1n) is 7.19. The van der Waals surface area contributed by atoms with Gasteiger partial charge in [-0.25, -0.2) is 8.42 Å². The Hall–Kier alpha value is -1.08. The van der Waals surface area contributed by atoms with Crippen molar-refractivity contribution in [3.8, 4) is 0 Å². The molecule has 0 saturated heterocycles. The summed E-state index contributed by atoms with van der Waals surface area (Å²) < 4.78 is 61.7. The van der Waals surface area contributed by atoms with Gasteiger partial charge in [-0.1, -0.05) is 31.4 Å². The second kappa shape index (κ2) is 6.20. The second-order valence-corrected chi connectivity index (χ2v) is 8.08. The molecular weight excluding hydrogens is 317 g/mol. The normalized spacial score (nSPS) is 19.1. The maximum atomic E-state index is 12.5. The molecule has 1 aromatic carbocycles. The van der Waals surface area contributed by atoms with Gasteiger partial charge in [0.1, 0.15) is 0 Å². The van der Waals surface area contributed by atoms with Crippen molar-refractivity contribution in [3.05, 3.63) is 35.4 Å². The van der Waals surface area contributed by atoms with Crippen molar-refractivity contribution in [2.24, 2.45) is 0 Å². The predicted octanol–water partition coefficient (Wildman–Crippen LogP) is 3.32. The average Bonchev–Trinajstić information content (AvgIpc) is 2.37.